The molecule has 2 rings (SSSR count). The minimum absolute atomic E-state index is 0.111. The molecule has 8 nitrogen and oxygen atoms in total. The van der Waals surface area contributed by atoms with Crippen LogP contribution in [0.1, 0.15) is 60.2 Å². The Balaban J connectivity index is 0.000000481. The molecule has 2 atom stereocenters. The molecule has 0 heterocycles. The zero-order valence-electron chi connectivity index (χ0n) is 19.1. The number of hydrogen-bond acceptors (Lipinski definition) is 6. The van der Waals surface area contributed by atoms with E-state index in [1.807, 2.05) is 6.92 Å². The van der Waals surface area contributed by atoms with Gasteiger partial charge in [0.2, 0.25) is 0 Å². The number of aliphatic hydroxyl groups excluding tert-OH is 2. The Labute approximate surface area is 194 Å². The maximum Gasteiger partial charge on any atom is 0.338 e. The second-order valence-electron chi connectivity index (χ2n) is 7.06. The van der Waals surface area contributed by atoms with Crippen molar-refractivity contribution in [2.45, 2.75) is 45.6 Å². The van der Waals surface area contributed by atoms with Crippen molar-refractivity contribution in [2.75, 3.05) is 13.2 Å². The molecule has 0 amide bonds. The summed E-state index contributed by atoms with van der Waals surface area (Å²) >= 11 is 0. The molecule has 0 saturated heterocycles. The summed E-state index contributed by atoms with van der Waals surface area (Å²) in [4.78, 5) is 31.9. The molecule has 0 saturated carbocycles. The molecule has 0 fully saturated rings. The number of carboxylic acids is 2. The number of aromatic carboxylic acids is 1. The van der Waals surface area contributed by atoms with Crippen LogP contribution in [0.15, 0.2) is 60.7 Å². The lowest BCUT2D eigenvalue weighted by molar-refractivity contribution is -0.142. The smallest absolute Gasteiger partial charge is 0.338 e. The molecule has 182 valence electrons. The first-order valence-corrected chi connectivity index (χ1v) is 10.8. The van der Waals surface area contributed by atoms with E-state index in [0.717, 1.165) is 25.7 Å². The van der Waals surface area contributed by atoms with Gasteiger partial charge < -0.3 is 25.2 Å². The lowest BCUT2D eigenvalue weighted by atomic mass is 10.00. The fraction of sp³-hybridized carbons (Fsp3) is 0.400. The third kappa shape index (κ3) is 14.5. The Morgan fingerprint density at radius 2 is 1.39 bits per heavy atom. The van der Waals surface area contributed by atoms with Crippen LogP contribution in [0.25, 0.3) is 0 Å². The van der Waals surface area contributed by atoms with E-state index in [9.17, 15) is 14.4 Å². The van der Waals surface area contributed by atoms with Crippen LogP contribution in [0.5, 0.6) is 0 Å². The molecule has 0 aliphatic carbocycles. The molecule has 0 aliphatic rings. The summed E-state index contributed by atoms with van der Waals surface area (Å²) in [5.41, 5.74) is 0.759. The van der Waals surface area contributed by atoms with Crippen LogP contribution in [0, 0.1) is 5.92 Å². The van der Waals surface area contributed by atoms with Crippen molar-refractivity contribution in [1.82, 2.24) is 0 Å². The summed E-state index contributed by atoms with van der Waals surface area (Å²) in [7, 11) is 0. The number of benzene rings is 2. The van der Waals surface area contributed by atoms with Gasteiger partial charge in [0.15, 0.2) is 0 Å². The van der Waals surface area contributed by atoms with E-state index in [2.05, 4.69) is 6.92 Å². The maximum atomic E-state index is 11.3. The number of ether oxygens (including phenoxy) is 1. The van der Waals surface area contributed by atoms with Gasteiger partial charge in [-0.2, -0.15) is 0 Å². The van der Waals surface area contributed by atoms with Gasteiger partial charge >= 0.3 is 17.9 Å². The number of esters is 1. The molecule has 2 aromatic carbocycles. The van der Waals surface area contributed by atoms with E-state index in [1.165, 1.54) is 0 Å². The predicted octanol–water partition coefficient (Wildman–Crippen LogP) is 3.87. The molecule has 0 aliphatic heterocycles. The molecule has 8 heteroatoms. The first kappa shape index (κ1) is 29.8. The molecule has 0 radical (unpaired) electrons. The highest BCUT2D eigenvalue weighted by Gasteiger charge is 2.13. The Morgan fingerprint density at radius 3 is 1.76 bits per heavy atom. The zero-order valence-corrected chi connectivity index (χ0v) is 19.1. The van der Waals surface area contributed by atoms with Crippen LogP contribution in [0.3, 0.4) is 0 Å². The van der Waals surface area contributed by atoms with Crippen LogP contribution in [0.4, 0.5) is 0 Å². The van der Waals surface area contributed by atoms with Gasteiger partial charge in [0, 0.05) is 0 Å². The fourth-order valence-electron chi connectivity index (χ4n) is 2.42. The van der Waals surface area contributed by atoms with Crippen molar-refractivity contribution >= 4 is 17.9 Å². The minimum Gasteiger partial charge on any atom is -0.481 e. The molecule has 2 unspecified atom stereocenters. The number of aliphatic carboxylic acids is 1. The minimum atomic E-state index is -1.01. The molecule has 2 aromatic rings. The molecule has 0 spiro atoms. The molecular weight excluding hydrogens is 428 g/mol. The second kappa shape index (κ2) is 18.4. The number of aliphatic hydroxyl groups is 2. The highest BCUT2D eigenvalue weighted by molar-refractivity contribution is 5.89. The van der Waals surface area contributed by atoms with Crippen LogP contribution < -0.4 is 0 Å². The van der Waals surface area contributed by atoms with Crippen molar-refractivity contribution in [2.24, 2.45) is 5.92 Å². The van der Waals surface area contributed by atoms with Gasteiger partial charge in [0.25, 0.3) is 0 Å². The third-order valence-electron chi connectivity index (χ3n) is 4.40. The quantitative estimate of drug-likeness (QED) is 0.390. The Morgan fingerprint density at radius 1 is 0.879 bits per heavy atom. The fourth-order valence-corrected chi connectivity index (χ4v) is 2.42. The van der Waals surface area contributed by atoms with Gasteiger partial charge in [-0.15, -0.1) is 0 Å². The van der Waals surface area contributed by atoms with E-state index in [-0.39, 0.29) is 12.5 Å². The summed E-state index contributed by atoms with van der Waals surface area (Å²) in [5.74, 6) is -2.13. The van der Waals surface area contributed by atoms with Crippen LogP contribution in [-0.2, 0) is 9.53 Å². The summed E-state index contributed by atoms with van der Waals surface area (Å²) in [6, 6.07) is 16.8. The van der Waals surface area contributed by atoms with Gasteiger partial charge in [-0.05, 0) is 37.1 Å². The normalized spacial score (nSPS) is 11.5. The van der Waals surface area contributed by atoms with Crippen molar-refractivity contribution < 1.29 is 39.5 Å². The summed E-state index contributed by atoms with van der Waals surface area (Å²) in [6.07, 6.45) is 2.70. The van der Waals surface area contributed by atoms with Gasteiger partial charge in [-0.1, -0.05) is 63.1 Å². The lowest BCUT2D eigenvalue weighted by Crippen LogP contribution is -2.21. The van der Waals surface area contributed by atoms with E-state index >= 15 is 0 Å². The molecule has 33 heavy (non-hydrogen) atoms. The highest BCUT2D eigenvalue weighted by atomic mass is 16.5. The number of hydrogen-bond donors (Lipinski definition) is 4. The number of carboxylic acid groups (broad SMARTS) is 2. The Hall–Kier alpha value is -3.23. The van der Waals surface area contributed by atoms with Crippen LogP contribution >= 0.6 is 0 Å². The Kier molecular flexibility index (Phi) is 16.6. The van der Waals surface area contributed by atoms with Gasteiger partial charge in [-0.3, -0.25) is 4.79 Å². The van der Waals surface area contributed by atoms with Crippen molar-refractivity contribution in [3.63, 3.8) is 0 Å². The molecule has 4 N–H and O–H groups in total. The van der Waals surface area contributed by atoms with Gasteiger partial charge in [0.1, 0.15) is 12.7 Å². The average Bonchev–Trinajstić information content (AvgIpc) is 2.84. The maximum absolute atomic E-state index is 11.3. The number of carbonyl (C=O) groups excluding carboxylic acids is 1. The second-order valence-corrected chi connectivity index (χ2v) is 7.06. The van der Waals surface area contributed by atoms with Crippen molar-refractivity contribution in [3.05, 3.63) is 71.8 Å². The largest absolute Gasteiger partial charge is 0.481 e. The Bertz CT molecular complexity index is 793. The van der Waals surface area contributed by atoms with Gasteiger partial charge in [-0.25, -0.2) is 9.59 Å². The number of carbonyl (C=O) groups is 3. The zero-order chi connectivity index (χ0) is 25.1. The van der Waals surface area contributed by atoms with E-state index in [4.69, 9.17) is 25.2 Å². The van der Waals surface area contributed by atoms with E-state index < -0.39 is 30.6 Å². The van der Waals surface area contributed by atoms with Gasteiger partial charge in [0.05, 0.1) is 23.7 Å². The number of unbranched alkanes of at least 4 members (excludes halogenated alkanes) is 1. The SMILES string of the molecule is CCCCC(CC)C(=O)O.O=C(O)c1ccccc1.O=C(OCC(O)CO)c1ccccc1. The summed E-state index contributed by atoms with van der Waals surface area (Å²) < 4.78 is 4.73. The van der Waals surface area contributed by atoms with Crippen molar-refractivity contribution in [1.29, 1.82) is 0 Å². The first-order valence-electron chi connectivity index (χ1n) is 10.8. The third-order valence-corrected chi connectivity index (χ3v) is 4.40. The average molecular weight is 463 g/mol. The van der Waals surface area contributed by atoms with E-state index in [0.29, 0.717) is 11.1 Å². The summed E-state index contributed by atoms with van der Waals surface area (Å²) in [5, 5.41) is 34.4. The molecular formula is C25H34O8. The molecule has 0 aromatic heterocycles. The summed E-state index contributed by atoms with van der Waals surface area (Å²) in [6.45, 7) is 3.40. The highest BCUT2D eigenvalue weighted by Crippen LogP contribution is 2.11. The standard InChI is InChI=1S/C10H12O4.C8H16O2.C7H6O2/c11-6-9(12)7-14-10(13)8-4-2-1-3-5-8;1-3-5-6-7(4-2)8(9)10;8-7(9)6-4-2-1-3-5-6/h1-5,9,11-12H,6-7H2;7H,3-6H2,1-2H3,(H,9,10);1-5H,(H,8,9). The van der Waals surface area contributed by atoms with E-state index in [1.54, 1.807) is 60.7 Å². The topological polar surface area (TPSA) is 141 Å². The van der Waals surface area contributed by atoms with Crippen LogP contribution in [-0.4, -0.2) is 57.7 Å². The lowest BCUT2D eigenvalue weighted by Gasteiger charge is -2.07. The predicted molar refractivity (Wildman–Crippen MR) is 124 cm³/mol. The van der Waals surface area contributed by atoms with Crippen molar-refractivity contribution in [3.8, 4) is 0 Å². The monoisotopic (exact) mass is 462 g/mol. The van der Waals surface area contributed by atoms with Crippen LogP contribution in [0.2, 0.25) is 0 Å². The first-order chi connectivity index (χ1) is 15.8. The molecule has 0 bridgehead atoms. The number of rotatable bonds is 10.